The molecule has 8 nitrogen and oxygen atoms in total. The van der Waals surface area contributed by atoms with Crippen molar-refractivity contribution in [1.82, 2.24) is 9.72 Å². The fourth-order valence-electron chi connectivity index (χ4n) is 4.01. The quantitative estimate of drug-likeness (QED) is 0.249. The Morgan fingerprint density at radius 1 is 1.05 bits per heavy atom. The van der Waals surface area contributed by atoms with Crippen molar-refractivity contribution >= 4 is 39.4 Å². The van der Waals surface area contributed by atoms with E-state index < -0.39 is 24.2 Å². The number of aromatic nitrogens is 2. The lowest BCUT2D eigenvalue weighted by molar-refractivity contribution is -0.312. The molecule has 2 aromatic heterocycles. The van der Waals surface area contributed by atoms with E-state index in [1.807, 2.05) is 0 Å². The minimum Gasteiger partial charge on any atom is -0.546 e. The van der Waals surface area contributed by atoms with Gasteiger partial charge in [-0.05, 0) is 56.3 Å². The minimum absolute atomic E-state index is 0.195. The standard InChI is InChI=1S/C26H18ClF3N2O6/c1-13-23(36-17-5-3-4-16(11-17)35-14(2)25(33)34)20-12-18(37-26(28,29)30)7-9-21(20)32(13)24-19-8-6-15(27)10-22(19)38-31-24/h3-12,14H,1-2H3,(H,33,34)/p-1/t14-/m0/s1. The second-order valence-electron chi connectivity index (χ2n) is 8.28. The molecule has 0 fully saturated rings. The van der Waals surface area contributed by atoms with Crippen LogP contribution in [0.25, 0.3) is 27.7 Å². The van der Waals surface area contributed by atoms with Gasteiger partial charge in [0.2, 0.25) is 0 Å². The van der Waals surface area contributed by atoms with Gasteiger partial charge in [-0.1, -0.05) is 22.8 Å². The van der Waals surface area contributed by atoms with Gasteiger partial charge in [0, 0.05) is 22.5 Å². The third-order valence-corrected chi connectivity index (χ3v) is 5.88. The number of ether oxygens (including phenoxy) is 3. The molecule has 196 valence electrons. The molecule has 0 unspecified atom stereocenters. The SMILES string of the molecule is Cc1c(Oc2cccc(O[C@@H](C)C(=O)[O-])c2)c2cc(OC(F)(F)F)ccc2n1-c1noc2cc(Cl)ccc12. The van der Waals surface area contributed by atoms with Crippen molar-refractivity contribution in [2.45, 2.75) is 26.3 Å². The first-order valence-corrected chi connectivity index (χ1v) is 11.5. The number of hydrogen-bond donors (Lipinski definition) is 0. The highest BCUT2D eigenvalue weighted by Crippen LogP contribution is 2.42. The van der Waals surface area contributed by atoms with Crippen molar-refractivity contribution in [3.63, 3.8) is 0 Å². The van der Waals surface area contributed by atoms with Crippen LogP contribution in [0.1, 0.15) is 12.6 Å². The van der Waals surface area contributed by atoms with Crippen molar-refractivity contribution in [2.24, 2.45) is 0 Å². The smallest absolute Gasteiger partial charge is 0.546 e. The summed E-state index contributed by atoms with van der Waals surface area (Å²) in [5.41, 5.74) is 1.37. The second-order valence-corrected chi connectivity index (χ2v) is 8.72. The maximum absolute atomic E-state index is 13.0. The van der Waals surface area contributed by atoms with Gasteiger partial charge in [0.25, 0.3) is 0 Å². The maximum atomic E-state index is 13.0. The van der Waals surface area contributed by atoms with E-state index in [-0.39, 0.29) is 17.2 Å². The fraction of sp³-hybridized carbons (Fsp3) is 0.154. The first-order valence-electron chi connectivity index (χ1n) is 11.1. The Kier molecular flexibility index (Phi) is 6.31. The average molecular weight is 546 g/mol. The van der Waals surface area contributed by atoms with Gasteiger partial charge < -0.3 is 28.6 Å². The molecule has 5 rings (SSSR count). The van der Waals surface area contributed by atoms with Crippen LogP contribution in [0.5, 0.6) is 23.0 Å². The van der Waals surface area contributed by atoms with Gasteiger partial charge in [-0.15, -0.1) is 13.2 Å². The zero-order valence-electron chi connectivity index (χ0n) is 19.7. The number of carboxylic acid groups (broad SMARTS) is 1. The predicted molar refractivity (Wildman–Crippen MR) is 129 cm³/mol. The van der Waals surface area contributed by atoms with E-state index in [9.17, 15) is 23.1 Å². The molecule has 5 aromatic rings. The molecule has 0 bridgehead atoms. The lowest BCUT2D eigenvalue weighted by Crippen LogP contribution is -2.37. The number of carboxylic acids is 1. The number of carbonyl (C=O) groups is 1. The highest BCUT2D eigenvalue weighted by atomic mass is 35.5. The van der Waals surface area contributed by atoms with Crippen LogP contribution in [-0.4, -0.2) is 28.2 Å². The van der Waals surface area contributed by atoms with E-state index in [1.54, 1.807) is 41.8 Å². The van der Waals surface area contributed by atoms with Gasteiger partial charge >= 0.3 is 6.36 Å². The normalized spacial score (nSPS) is 12.6. The van der Waals surface area contributed by atoms with Crippen LogP contribution in [0.15, 0.2) is 65.2 Å². The monoisotopic (exact) mass is 545 g/mol. The first-order chi connectivity index (χ1) is 18.0. The van der Waals surface area contributed by atoms with Crippen molar-refractivity contribution in [2.75, 3.05) is 0 Å². The zero-order chi connectivity index (χ0) is 27.2. The Hall–Kier alpha value is -4.38. The van der Waals surface area contributed by atoms with Crippen molar-refractivity contribution in [3.05, 3.63) is 71.4 Å². The van der Waals surface area contributed by atoms with E-state index in [0.717, 1.165) is 0 Å². The number of benzene rings is 3. The third-order valence-electron chi connectivity index (χ3n) is 5.65. The van der Waals surface area contributed by atoms with Crippen LogP contribution in [0.3, 0.4) is 0 Å². The van der Waals surface area contributed by atoms with Crippen LogP contribution in [0.2, 0.25) is 5.02 Å². The molecule has 2 heterocycles. The van der Waals surface area contributed by atoms with Gasteiger partial charge in [0.15, 0.2) is 17.2 Å². The molecule has 0 spiro atoms. The van der Waals surface area contributed by atoms with E-state index in [2.05, 4.69) is 9.89 Å². The van der Waals surface area contributed by atoms with E-state index >= 15 is 0 Å². The molecule has 0 N–H and O–H groups in total. The van der Waals surface area contributed by atoms with Gasteiger partial charge in [0.1, 0.15) is 23.4 Å². The van der Waals surface area contributed by atoms with E-state index in [1.165, 1.54) is 37.3 Å². The summed E-state index contributed by atoms with van der Waals surface area (Å²) in [5, 5.41) is 16.6. The number of fused-ring (bicyclic) bond motifs is 2. The second kappa shape index (κ2) is 9.49. The van der Waals surface area contributed by atoms with E-state index in [0.29, 0.717) is 38.4 Å². The summed E-state index contributed by atoms with van der Waals surface area (Å²) in [7, 11) is 0. The largest absolute Gasteiger partial charge is 0.573 e. The van der Waals surface area contributed by atoms with Crippen molar-refractivity contribution in [3.8, 4) is 28.8 Å². The summed E-state index contributed by atoms with van der Waals surface area (Å²) < 4.78 is 61.6. The number of rotatable bonds is 7. The van der Waals surface area contributed by atoms with Crippen molar-refractivity contribution < 1.29 is 41.8 Å². The van der Waals surface area contributed by atoms with Gasteiger partial charge in [-0.2, -0.15) is 0 Å². The predicted octanol–water partition coefficient (Wildman–Crippen LogP) is 5.94. The molecule has 0 amide bonds. The number of carbonyl (C=O) groups excluding carboxylic acids is 1. The summed E-state index contributed by atoms with van der Waals surface area (Å²) in [6.07, 6.45) is -6.11. The molecular weight excluding hydrogens is 529 g/mol. The summed E-state index contributed by atoms with van der Waals surface area (Å²) in [6, 6.07) is 15.0. The van der Waals surface area contributed by atoms with Crippen LogP contribution in [-0.2, 0) is 4.79 Å². The van der Waals surface area contributed by atoms with Crippen LogP contribution in [0, 0.1) is 6.92 Å². The molecule has 0 aliphatic carbocycles. The Labute approximate surface area is 217 Å². The molecule has 0 saturated heterocycles. The third kappa shape index (κ3) is 4.92. The highest BCUT2D eigenvalue weighted by Gasteiger charge is 2.32. The number of aliphatic carboxylic acids is 1. The average Bonchev–Trinajstić information content (AvgIpc) is 3.36. The summed E-state index contributed by atoms with van der Waals surface area (Å²) >= 11 is 6.06. The van der Waals surface area contributed by atoms with Crippen molar-refractivity contribution in [1.29, 1.82) is 0 Å². The Morgan fingerprint density at radius 3 is 2.55 bits per heavy atom. The van der Waals surface area contributed by atoms with Gasteiger partial charge in [-0.25, -0.2) is 0 Å². The number of nitrogens with zero attached hydrogens (tertiary/aromatic N) is 2. The topological polar surface area (TPSA) is 98.8 Å². The molecule has 0 saturated carbocycles. The van der Waals surface area contributed by atoms with E-state index in [4.69, 9.17) is 25.6 Å². The summed E-state index contributed by atoms with van der Waals surface area (Å²) in [4.78, 5) is 11.0. The lowest BCUT2D eigenvalue weighted by atomic mass is 10.2. The van der Waals surface area contributed by atoms with Gasteiger partial charge in [0.05, 0.1) is 22.6 Å². The highest BCUT2D eigenvalue weighted by molar-refractivity contribution is 6.31. The van der Waals surface area contributed by atoms with Crippen LogP contribution < -0.4 is 19.3 Å². The zero-order valence-corrected chi connectivity index (χ0v) is 20.5. The maximum Gasteiger partial charge on any atom is 0.573 e. The Morgan fingerprint density at radius 2 is 1.82 bits per heavy atom. The summed E-state index contributed by atoms with van der Waals surface area (Å²) in [6.45, 7) is 3.02. The van der Waals surface area contributed by atoms with Crippen LogP contribution in [0.4, 0.5) is 13.2 Å². The first kappa shape index (κ1) is 25.3. The molecule has 1 atom stereocenters. The molecule has 0 aliphatic rings. The molecule has 3 aromatic carbocycles. The summed E-state index contributed by atoms with van der Waals surface area (Å²) in [5.74, 6) is -0.811. The number of alkyl halides is 3. The minimum atomic E-state index is -4.89. The molecule has 12 heteroatoms. The Balaban J connectivity index is 1.65. The number of hydrogen-bond acceptors (Lipinski definition) is 7. The molecular formula is C26H17ClF3N2O6-. The number of halogens is 4. The van der Waals surface area contributed by atoms with Gasteiger partial charge in [-0.3, -0.25) is 4.57 Å². The molecule has 38 heavy (non-hydrogen) atoms. The van der Waals surface area contributed by atoms with Crippen LogP contribution >= 0.6 is 11.6 Å². The molecule has 0 aliphatic heterocycles. The molecule has 0 radical (unpaired) electrons. The lowest BCUT2D eigenvalue weighted by Gasteiger charge is -2.16. The Bertz CT molecular complexity index is 1680. The fourth-order valence-corrected chi connectivity index (χ4v) is 4.17.